The van der Waals surface area contributed by atoms with Gasteiger partial charge < -0.3 is 5.11 Å². The zero-order valence-corrected chi connectivity index (χ0v) is 9.98. The summed E-state index contributed by atoms with van der Waals surface area (Å²) in [4.78, 5) is 10.5. The van der Waals surface area contributed by atoms with E-state index in [1.807, 2.05) is 0 Å². The van der Waals surface area contributed by atoms with Crippen LogP contribution < -0.4 is 0 Å². The Morgan fingerprint density at radius 3 is 2.20 bits per heavy atom. The van der Waals surface area contributed by atoms with Crippen molar-refractivity contribution >= 4 is 14.0 Å². The van der Waals surface area contributed by atoms with E-state index in [1.54, 1.807) is 13.1 Å². The lowest BCUT2D eigenvalue weighted by atomic mass is 10.4. The Hall–Kier alpha value is -0.783. The van der Waals surface area contributed by atoms with Gasteiger partial charge in [0.15, 0.2) is 0 Å². The third kappa shape index (κ3) is 7.18. The molecule has 0 aliphatic carbocycles. The number of carboxylic acid groups (broad SMARTS) is 1. The molecule has 0 spiro atoms. The zero-order chi connectivity index (χ0) is 12.3. The highest BCUT2D eigenvalue weighted by molar-refractivity contribution is 6.82. The molecule has 2 nitrogen and oxygen atoms in total. The van der Waals surface area contributed by atoms with Crippen molar-refractivity contribution in [3.63, 3.8) is 0 Å². The lowest BCUT2D eigenvalue weighted by molar-refractivity contribution is -0.132. The smallest absolute Gasteiger partial charge is 0.388 e. The molecule has 0 rings (SSSR count). The van der Waals surface area contributed by atoms with Crippen LogP contribution in [0.1, 0.15) is 13.3 Å². The zero-order valence-electron chi connectivity index (χ0n) is 8.98. The van der Waals surface area contributed by atoms with Gasteiger partial charge in [0.05, 0.1) is 8.07 Å². The lowest BCUT2D eigenvalue weighted by Crippen LogP contribution is -2.26. The predicted octanol–water partition coefficient (Wildman–Crippen LogP) is 3.22. The van der Waals surface area contributed by atoms with Gasteiger partial charge in [-0.2, -0.15) is 13.2 Å². The van der Waals surface area contributed by atoms with Crippen molar-refractivity contribution in [1.29, 1.82) is 0 Å². The quantitative estimate of drug-likeness (QED) is 0.605. The number of alkyl halides is 3. The molecule has 1 N–H and O–H groups in total. The third-order valence-electron chi connectivity index (χ3n) is 2.00. The summed E-state index contributed by atoms with van der Waals surface area (Å²) >= 11 is 0. The first-order valence-electron chi connectivity index (χ1n) is 4.53. The van der Waals surface area contributed by atoms with Crippen LogP contribution in [0.5, 0.6) is 0 Å². The summed E-state index contributed by atoms with van der Waals surface area (Å²) in [6.07, 6.45) is -5.00. The minimum atomic E-state index is -4.16. The van der Waals surface area contributed by atoms with Crippen molar-refractivity contribution < 1.29 is 23.1 Å². The second-order valence-corrected chi connectivity index (χ2v) is 9.00. The molecule has 0 heterocycles. The van der Waals surface area contributed by atoms with Gasteiger partial charge in [0, 0.05) is 12.0 Å². The molecule has 6 heteroatoms. The van der Waals surface area contributed by atoms with Gasteiger partial charge in [0.1, 0.15) is 0 Å². The molecule has 0 amide bonds. The van der Waals surface area contributed by atoms with Crippen molar-refractivity contribution in [2.75, 3.05) is 0 Å². The van der Waals surface area contributed by atoms with Gasteiger partial charge in [-0.3, -0.25) is 0 Å². The fourth-order valence-corrected chi connectivity index (χ4v) is 3.55. The van der Waals surface area contributed by atoms with Crippen molar-refractivity contribution in [2.45, 2.75) is 38.7 Å². The van der Waals surface area contributed by atoms with Gasteiger partial charge >= 0.3 is 12.1 Å². The molecule has 88 valence electrons. The van der Waals surface area contributed by atoms with Gasteiger partial charge in [0.25, 0.3) is 0 Å². The molecular weight excluding hydrogens is 225 g/mol. The van der Waals surface area contributed by atoms with Crippen LogP contribution in [-0.4, -0.2) is 25.3 Å². The minimum absolute atomic E-state index is 0.0289. The topological polar surface area (TPSA) is 37.3 Å². The summed E-state index contributed by atoms with van der Waals surface area (Å²) in [5.74, 6) is -1.07. The van der Waals surface area contributed by atoms with E-state index < -0.39 is 26.6 Å². The second kappa shape index (κ2) is 4.83. The predicted molar refractivity (Wildman–Crippen MR) is 54.4 cm³/mol. The average Bonchev–Trinajstić information content (AvgIpc) is 1.99. The first kappa shape index (κ1) is 14.2. The Labute approximate surface area is 87.8 Å². The number of hydrogen-bond donors (Lipinski definition) is 1. The van der Waals surface area contributed by atoms with Crippen LogP contribution in [-0.2, 0) is 4.79 Å². The molecular formula is C9H15F3O2Si. The van der Waals surface area contributed by atoms with Crippen LogP contribution in [0.15, 0.2) is 11.3 Å². The van der Waals surface area contributed by atoms with E-state index in [-0.39, 0.29) is 11.6 Å². The van der Waals surface area contributed by atoms with Crippen LogP contribution in [0, 0.1) is 0 Å². The Kier molecular flexibility index (Phi) is 4.57. The molecule has 0 saturated heterocycles. The summed E-state index contributed by atoms with van der Waals surface area (Å²) in [6.45, 7) is 4.86. The summed E-state index contributed by atoms with van der Waals surface area (Å²) in [5.41, 5.74) is 1.63. The van der Waals surface area contributed by atoms with Crippen molar-refractivity contribution in [2.24, 2.45) is 0 Å². The van der Waals surface area contributed by atoms with Gasteiger partial charge in [-0.15, -0.1) is 0 Å². The minimum Gasteiger partial charge on any atom is -0.478 e. The van der Waals surface area contributed by atoms with Crippen LogP contribution >= 0.6 is 0 Å². The largest absolute Gasteiger partial charge is 0.478 e. The van der Waals surface area contributed by atoms with Crippen molar-refractivity contribution in [3.05, 3.63) is 11.3 Å². The van der Waals surface area contributed by atoms with E-state index in [0.29, 0.717) is 0 Å². The third-order valence-corrected chi connectivity index (χ3v) is 4.75. The van der Waals surface area contributed by atoms with E-state index in [2.05, 4.69) is 0 Å². The molecule has 0 aliphatic heterocycles. The molecule has 0 radical (unpaired) electrons. The highest BCUT2D eigenvalue weighted by Crippen LogP contribution is 2.27. The molecule has 0 aromatic rings. The highest BCUT2D eigenvalue weighted by Gasteiger charge is 2.31. The number of rotatable bonds is 4. The monoisotopic (exact) mass is 240 g/mol. The number of hydrogen-bond acceptors (Lipinski definition) is 1. The second-order valence-electron chi connectivity index (χ2n) is 4.24. The molecule has 15 heavy (non-hydrogen) atoms. The molecule has 0 aliphatic rings. The summed E-state index contributed by atoms with van der Waals surface area (Å²) in [5, 5.41) is 8.61. The van der Waals surface area contributed by atoms with Crippen molar-refractivity contribution in [1.82, 2.24) is 0 Å². The van der Waals surface area contributed by atoms with Gasteiger partial charge in [-0.1, -0.05) is 18.8 Å². The maximum absolute atomic E-state index is 12.0. The molecule has 0 bridgehead atoms. The van der Waals surface area contributed by atoms with Gasteiger partial charge in [0.2, 0.25) is 0 Å². The number of carboxylic acids is 1. The van der Waals surface area contributed by atoms with E-state index in [9.17, 15) is 18.0 Å². The summed E-state index contributed by atoms with van der Waals surface area (Å²) < 4.78 is 35.9. The van der Waals surface area contributed by atoms with E-state index in [4.69, 9.17) is 5.11 Å². The van der Waals surface area contributed by atoms with Gasteiger partial charge in [-0.05, 0) is 13.0 Å². The fraction of sp³-hybridized carbons (Fsp3) is 0.667. The Balaban J connectivity index is 4.44. The first-order valence-corrected chi connectivity index (χ1v) is 7.81. The van der Waals surface area contributed by atoms with Crippen LogP contribution in [0.4, 0.5) is 13.2 Å². The molecule has 0 saturated carbocycles. The van der Waals surface area contributed by atoms with Gasteiger partial charge in [-0.25, -0.2) is 4.79 Å². The Bertz CT molecular complexity index is 269. The van der Waals surface area contributed by atoms with E-state index in [0.717, 1.165) is 0 Å². The molecule has 0 fully saturated rings. The maximum Gasteiger partial charge on any atom is 0.388 e. The Morgan fingerprint density at radius 2 is 1.87 bits per heavy atom. The summed E-state index contributed by atoms with van der Waals surface area (Å²) in [6, 6.07) is 0.0289. The van der Waals surface area contributed by atoms with Crippen LogP contribution in [0.3, 0.4) is 0 Å². The maximum atomic E-state index is 12.0. The molecule has 0 atom stereocenters. The van der Waals surface area contributed by atoms with Crippen LogP contribution in [0.2, 0.25) is 19.1 Å². The molecule has 0 aromatic heterocycles. The Morgan fingerprint density at radius 1 is 1.40 bits per heavy atom. The lowest BCUT2D eigenvalue weighted by Gasteiger charge is -2.19. The normalized spacial score (nSPS) is 14.1. The average molecular weight is 240 g/mol. The molecule has 0 unspecified atom stereocenters. The fourth-order valence-electron chi connectivity index (χ4n) is 1.18. The van der Waals surface area contributed by atoms with Crippen LogP contribution in [0.25, 0.3) is 0 Å². The molecule has 0 aromatic carbocycles. The first-order chi connectivity index (χ1) is 6.53. The standard InChI is InChI=1S/C9H15F3O2Si/c1-7(8(13)14)6-15(2,3)5-4-9(10,11)12/h6H,4-5H2,1-3H3,(H,13,14). The van der Waals surface area contributed by atoms with E-state index >= 15 is 0 Å². The van der Waals surface area contributed by atoms with E-state index in [1.165, 1.54) is 12.6 Å². The van der Waals surface area contributed by atoms with Crippen molar-refractivity contribution in [3.8, 4) is 0 Å². The summed E-state index contributed by atoms with van der Waals surface area (Å²) in [7, 11) is -2.20. The number of halogens is 3. The number of carbonyl (C=O) groups is 1. The SMILES string of the molecule is CC(=C[Si](C)(C)CCC(F)(F)F)C(=O)O. The number of aliphatic carboxylic acids is 1. The highest BCUT2D eigenvalue weighted by atomic mass is 28.3.